The van der Waals surface area contributed by atoms with Gasteiger partial charge in [0, 0.05) is 0 Å². The molecule has 0 saturated heterocycles. The van der Waals surface area contributed by atoms with Crippen molar-refractivity contribution in [2.75, 3.05) is 20.8 Å². The third-order valence-electron chi connectivity index (χ3n) is 4.05. The Morgan fingerprint density at radius 1 is 1.14 bits per heavy atom. The van der Waals surface area contributed by atoms with Crippen molar-refractivity contribution in [1.82, 2.24) is 5.32 Å². The van der Waals surface area contributed by atoms with Gasteiger partial charge in [-0.1, -0.05) is 24.6 Å². The second kappa shape index (κ2) is 8.08. The fourth-order valence-corrected chi connectivity index (χ4v) is 3.00. The van der Waals surface area contributed by atoms with Crippen molar-refractivity contribution in [3.8, 4) is 11.5 Å². The van der Waals surface area contributed by atoms with E-state index in [0.717, 1.165) is 36.4 Å². The summed E-state index contributed by atoms with van der Waals surface area (Å²) in [4.78, 5) is 0. The van der Waals surface area contributed by atoms with Gasteiger partial charge in [0.1, 0.15) is 11.5 Å². The molecule has 0 spiro atoms. The Morgan fingerprint density at radius 3 is 2.38 bits per heavy atom. The van der Waals surface area contributed by atoms with Crippen LogP contribution in [0.1, 0.15) is 50.6 Å². The van der Waals surface area contributed by atoms with E-state index in [1.807, 2.05) is 18.2 Å². The van der Waals surface area contributed by atoms with E-state index in [0.29, 0.717) is 0 Å². The highest BCUT2D eigenvalue weighted by molar-refractivity contribution is 5.50. The van der Waals surface area contributed by atoms with E-state index in [1.54, 1.807) is 14.2 Å². The molecule has 1 atom stereocenters. The first-order valence-corrected chi connectivity index (χ1v) is 7.95. The van der Waals surface area contributed by atoms with Crippen LogP contribution in [0.25, 0.3) is 0 Å². The molecule has 0 aliphatic heterocycles. The van der Waals surface area contributed by atoms with E-state index in [1.165, 1.54) is 24.8 Å². The van der Waals surface area contributed by atoms with Crippen LogP contribution in [-0.2, 0) is 0 Å². The van der Waals surface area contributed by atoms with Gasteiger partial charge in [0.15, 0.2) is 0 Å². The van der Waals surface area contributed by atoms with Crippen LogP contribution in [0.2, 0.25) is 0 Å². The number of hydrogen-bond donors (Lipinski definition) is 1. The molecule has 1 unspecified atom stereocenters. The molecular weight excluding hydrogens is 262 g/mol. The average molecular weight is 289 g/mol. The molecule has 0 radical (unpaired) electrons. The van der Waals surface area contributed by atoms with Crippen LogP contribution in [-0.4, -0.2) is 20.8 Å². The third kappa shape index (κ3) is 3.79. The van der Waals surface area contributed by atoms with Crippen molar-refractivity contribution in [3.63, 3.8) is 0 Å². The highest BCUT2D eigenvalue weighted by Gasteiger charge is 2.24. The quantitative estimate of drug-likeness (QED) is 0.761. The van der Waals surface area contributed by atoms with E-state index in [4.69, 9.17) is 9.47 Å². The molecule has 1 aliphatic rings. The smallest absolute Gasteiger partial charge is 0.127 e. The number of ether oxygens (including phenoxy) is 2. The molecule has 0 heterocycles. The normalized spacial score (nSPS) is 16.2. The van der Waals surface area contributed by atoms with Gasteiger partial charge in [-0.25, -0.2) is 0 Å². The van der Waals surface area contributed by atoms with Gasteiger partial charge < -0.3 is 14.8 Å². The van der Waals surface area contributed by atoms with Gasteiger partial charge in [0.2, 0.25) is 0 Å². The summed E-state index contributed by atoms with van der Waals surface area (Å²) in [6, 6.07) is 6.20. The molecule has 0 fully saturated rings. The summed E-state index contributed by atoms with van der Waals surface area (Å²) >= 11 is 0. The Labute approximate surface area is 128 Å². The second-order valence-corrected chi connectivity index (χ2v) is 5.49. The van der Waals surface area contributed by atoms with Gasteiger partial charge in [0.25, 0.3) is 0 Å². The molecule has 21 heavy (non-hydrogen) atoms. The summed E-state index contributed by atoms with van der Waals surface area (Å²) in [5, 5.41) is 3.68. The van der Waals surface area contributed by atoms with Crippen LogP contribution < -0.4 is 14.8 Å². The SMILES string of the molecule is CCCNC(C1=CCCCC1)c1c(OC)cccc1OC. The highest BCUT2D eigenvalue weighted by Crippen LogP contribution is 2.40. The number of benzene rings is 1. The zero-order valence-corrected chi connectivity index (χ0v) is 13.4. The lowest BCUT2D eigenvalue weighted by atomic mass is 9.89. The summed E-state index contributed by atoms with van der Waals surface area (Å²) < 4.78 is 11.2. The zero-order chi connectivity index (χ0) is 15.1. The van der Waals surface area contributed by atoms with E-state index in [2.05, 4.69) is 18.3 Å². The van der Waals surface area contributed by atoms with Gasteiger partial charge in [-0.05, 0) is 50.8 Å². The molecule has 0 bridgehead atoms. The van der Waals surface area contributed by atoms with Crippen molar-refractivity contribution < 1.29 is 9.47 Å². The van der Waals surface area contributed by atoms with Crippen molar-refractivity contribution in [3.05, 3.63) is 35.4 Å². The standard InChI is InChI=1S/C18H27NO2/c1-4-13-19-18(14-9-6-5-7-10-14)17-15(20-2)11-8-12-16(17)21-3/h8-9,11-12,18-19H,4-7,10,13H2,1-3H3. The van der Waals surface area contributed by atoms with E-state index in [9.17, 15) is 0 Å². The molecule has 0 amide bonds. The van der Waals surface area contributed by atoms with Gasteiger partial charge in [-0.15, -0.1) is 0 Å². The van der Waals surface area contributed by atoms with E-state index >= 15 is 0 Å². The molecule has 0 aromatic heterocycles. The van der Waals surface area contributed by atoms with Crippen LogP contribution in [0, 0.1) is 0 Å². The summed E-state index contributed by atoms with van der Waals surface area (Å²) in [5.74, 6) is 1.80. The number of nitrogens with one attached hydrogen (secondary N) is 1. The topological polar surface area (TPSA) is 30.5 Å². The molecule has 3 nitrogen and oxygen atoms in total. The fraction of sp³-hybridized carbons (Fsp3) is 0.556. The second-order valence-electron chi connectivity index (χ2n) is 5.49. The minimum atomic E-state index is 0.191. The van der Waals surface area contributed by atoms with Crippen molar-refractivity contribution in [2.24, 2.45) is 0 Å². The summed E-state index contributed by atoms with van der Waals surface area (Å²) in [7, 11) is 3.45. The molecule has 116 valence electrons. The third-order valence-corrected chi connectivity index (χ3v) is 4.05. The first-order valence-electron chi connectivity index (χ1n) is 7.95. The van der Waals surface area contributed by atoms with Gasteiger partial charge in [-0.2, -0.15) is 0 Å². The first-order chi connectivity index (χ1) is 10.3. The maximum absolute atomic E-state index is 5.59. The molecule has 2 rings (SSSR count). The van der Waals surface area contributed by atoms with Gasteiger partial charge in [-0.3, -0.25) is 0 Å². The maximum Gasteiger partial charge on any atom is 0.127 e. The highest BCUT2D eigenvalue weighted by atomic mass is 16.5. The van der Waals surface area contributed by atoms with Crippen LogP contribution in [0.4, 0.5) is 0 Å². The fourth-order valence-electron chi connectivity index (χ4n) is 3.00. The van der Waals surface area contributed by atoms with Crippen LogP contribution >= 0.6 is 0 Å². The largest absolute Gasteiger partial charge is 0.496 e. The van der Waals surface area contributed by atoms with Gasteiger partial charge >= 0.3 is 0 Å². The maximum atomic E-state index is 5.59. The molecule has 1 N–H and O–H groups in total. The summed E-state index contributed by atoms with van der Waals surface area (Å²) in [6.07, 6.45) is 8.41. The predicted octanol–water partition coefficient (Wildman–Crippen LogP) is 4.24. The molecule has 1 aromatic rings. The number of methoxy groups -OCH3 is 2. The number of hydrogen-bond acceptors (Lipinski definition) is 3. The number of allylic oxidation sites excluding steroid dienone is 1. The Morgan fingerprint density at radius 2 is 1.86 bits per heavy atom. The van der Waals surface area contributed by atoms with Crippen molar-refractivity contribution in [2.45, 2.75) is 45.1 Å². The molecule has 1 aromatic carbocycles. The van der Waals surface area contributed by atoms with E-state index in [-0.39, 0.29) is 6.04 Å². The average Bonchev–Trinajstić information content (AvgIpc) is 2.56. The van der Waals surface area contributed by atoms with Crippen molar-refractivity contribution >= 4 is 0 Å². The minimum absolute atomic E-state index is 0.191. The van der Waals surface area contributed by atoms with Crippen molar-refractivity contribution in [1.29, 1.82) is 0 Å². The molecular formula is C18H27NO2. The number of rotatable bonds is 7. The van der Waals surface area contributed by atoms with Crippen LogP contribution in [0.3, 0.4) is 0 Å². The van der Waals surface area contributed by atoms with Crippen LogP contribution in [0.5, 0.6) is 11.5 Å². The predicted molar refractivity (Wildman–Crippen MR) is 87.1 cm³/mol. The zero-order valence-electron chi connectivity index (χ0n) is 13.4. The molecule has 3 heteroatoms. The monoisotopic (exact) mass is 289 g/mol. The van der Waals surface area contributed by atoms with E-state index < -0.39 is 0 Å². The summed E-state index contributed by atoms with van der Waals surface area (Å²) in [5.41, 5.74) is 2.60. The Kier molecular flexibility index (Phi) is 6.12. The lowest BCUT2D eigenvalue weighted by Crippen LogP contribution is -2.25. The van der Waals surface area contributed by atoms with Crippen LogP contribution in [0.15, 0.2) is 29.8 Å². The lowest BCUT2D eigenvalue weighted by Gasteiger charge is -2.27. The first kappa shape index (κ1) is 15.9. The minimum Gasteiger partial charge on any atom is -0.496 e. The summed E-state index contributed by atoms with van der Waals surface area (Å²) in [6.45, 7) is 3.18. The lowest BCUT2D eigenvalue weighted by molar-refractivity contribution is 0.374. The molecule has 0 saturated carbocycles. The van der Waals surface area contributed by atoms with Gasteiger partial charge in [0.05, 0.1) is 25.8 Å². The Balaban J connectivity index is 2.42. The Bertz CT molecular complexity index is 460. The Hall–Kier alpha value is -1.48. The molecule has 1 aliphatic carbocycles.